The first-order valence-corrected chi connectivity index (χ1v) is 5.69. The Labute approximate surface area is 104 Å². The maximum Gasteiger partial charge on any atom is 0.0995 e. The summed E-state index contributed by atoms with van der Waals surface area (Å²) >= 11 is 0. The van der Waals surface area contributed by atoms with Crippen molar-refractivity contribution in [2.24, 2.45) is 0 Å². The quantitative estimate of drug-likeness (QED) is 0.754. The van der Waals surface area contributed by atoms with Gasteiger partial charge in [-0.3, -0.25) is 0 Å². The lowest BCUT2D eigenvalue weighted by molar-refractivity contribution is 0.862. The summed E-state index contributed by atoms with van der Waals surface area (Å²) in [4.78, 5) is 4.25. The van der Waals surface area contributed by atoms with Gasteiger partial charge in [0.15, 0.2) is 0 Å². The van der Waals surface area contributed by atoms with Crippen LogP contribution in [0.5, 0.6) is 0 Å². The summed E-state index contributed by atoms with van der Waals surface area (Å²) in [5.74, 6) is 0.581. The predicted octanol–water partition coefficient (Wildman–Crippen LogP) is 4.25. The molecule has 0 atom stereocenters. The van der Waals surface area contributed by atoms with Crippen molar-refractivity contribution in [2.45, 2.75) is 41.0 Å². The van der Waals surface area contributed by atoms with Gasteiger partial charge in [-0.15, -0.1) is 0 Å². The lowest BCUT2D eigenvalue weighted by Crippen LogP contribution is -1.96. The molecule has 1 aromatic carbocycles. The molecule has 0 aliphatic carbocycles. The summed E-state index contributed by atoms with van der Waals surface area (Å²) in [6.45, 7) is 8.59. The molecule has 0 saturated heterocycles. The lowest BCUT2D eigenvalue weighted by atomic mass is 10.0. The summed E-state index contributed by atoms with van der Waals surface area (Å²) in [5.41, 5.74) is 4.94. The Bertz CT molecular complexity index is 495. The molecule has 2 aromatic rings. The van der Waals surface area contributed by atoms with Crippen LogP contribution in [-0.2, 0) is 0 Å². The van der Waals surface area contributed by atoms with Crippen LogP contribution >= 0.6 is 0 Å². The molecular formula is C15H22N2. The number of aryl methyl sites for hydroxylation is 2. The second-order valence-corrected chi connectivity index (χ2v) is 4.62. The number of nitrogens with zero attached hydrogens (tertiary/aromatic N) is 2. The van der Waals surface area contributed by atoms with Gasteiger partial charge >= 0.3 is 0 Å². The molecule has 2 rings (SSSR count). The maximum absolute atomic E-state index is 4.25. The number of hydrogen-bond acceptors (Lipinski definition) is 1. The fraction of sp³-hybridized carbons (Fsp3) is 0.400. The van der Waals surface area contributed by atoms with E-state index in [1.54, 1.807) is 0 Å². The van der Waals surface area contributed by atoms with Crippen LogP contribution in [0.25, 0.3) is 5.69 Å². The molecule has 2 heteroatoms. The van der Waals surface area contributed by atoms with Crippen molar-refractivity contribution in [3.8, 4) is 5.69 Å². The second kappa shape index (κ2) is 5.17. The van der Waals surface area contributed by atoms with Crippen LogP contribution in [0.2, 0.25) is 0 Å². The van der Waals surface area contributed by atoms with Gasteiger partial charge in [0.25, 0.3) is 0 Å². The normalized spacial score (nSPS) is 10.4. The fourth-order valence-corrected chi connectivity index (χ4v) is 1.88. The van der Waals surface area contributed by atoms with Crippen molar-refractivity contribution in [2.75, 3.05) is 0 Å². The molecule has 0 radical (unpaired) electrons. The molecular weight excluding hydrogens is 208 g/mol. The zero-order chi connectivity index (χ0) is 11.7. The Hall–Kier alpha value is -1.57. The van der Waals surface area contributed by atoms with E-state index in [0.717, 1.165) is 5.69 Å². The molecule has 0 aliphatic heterocycles. The van der Waals surface area contributed by atoms with Gasteiger partial charge in [0.2, 0.25) is 0 Å². The molecule has 17 heavy (non-hydrogen) atoms. The smallest absolute Gasteiger partial charge is 0.0995 e. The van der Waals surface area contributed by atoms with E-state index in [1.165, 1.54) is 16.8 Å². The van der Waals surface area contributed by atoms with Gasteiger partial charge in [0.05, 0.1) is 12.0 Å². The third-order valence-electron chi connectivity index (χ3n) is 2.88. The van der Waals surface area contributed by atoms with Crippen molar-refractivity contribution >= 4 is 0 Å². The minimum absolute atomic E-state index is 0. The van der Waals surface area contributed by atoms with Crippen LogP contribution in [0.1, 0.15) is 44.0 Å². The zero-order valence-electron chi connectivity index (χ0n) is 10.4. The molecule has 0 unspecified atom stereocenters. The van der Waals surface area contributed by atoms with Gasteiger partial charge in [-0.05, 0) is 37.0 Å². The van der Waals surface area contributed by atoms with Gasteiger partial charge in [0, 0.05) is 11.9 Å². The largest absolute Gasteiger partial charge is 0.306 e. The van der Waals surface area contributed by atoms with Crippen LogP contribution in [0.3, 0.4) is 0 Å². The van der Waals surface area contributed by atoms with E-state index in [9.17, 15) is 0 Å². The molecule has 0 aliphatic rings. The highest BCUT2D eigenvalue weighted by atomic mass is 15.0. The van der Waals surface area contributed by atoms with E-state index in [2.05, 4.69) is 54.7 Å². The first kappa shape index (κ1) is 13.5. The minimum atomic E-state index is 0. The van der Waals surface area contributed by atoms with Gasteiger partial charge in [-0.2, -0.15) is 0 Å². The summed E-state index contributed by atoms with van der Waals surface area (Å²) in [7, 11) is 0. The Kier molecular flexibility index (Phi) is 4.11. The lowest BCUT2D eigenvalue weighted by Gasteiger charge is -2.11. The first-order valence-electron chi connectivity index (χ1n) is 5.69. The Morgan fingerprint density at radius 1 is 1.18 bits per heavy atom. The molecule has 0 spiro atoms. The maximum atomic E-state index is 4.25. The second-order valence-electron chi connectivity index (χ2n) is 4.62. The van der Waals surface area contributed by atoms with Gasteiger partial charge in [0.1, 0.15) is 0 Å². The van der Waals surface area contributed by atoms with Gasteiger partial charge in [-0.25, -0.2) is 4.98 Å². The Morgan fingerprint density at radius 2 is 1.88 bits per heavy atom. The molecule has 0 bridgehead atoms. The van der Waals surface area contributed by atoms with Crippen LogP contribution in [-0.4, -0.2) is 9.55 Å². The van der Waals surface area contributed by atoms with Gasteiger partial charge < -0.3 is 4.57 Å². The van der Waals surface area contributed by atoms with E-state index in [4.69, 9.17) is 0 Å². The topological polar surface area (TPSA) is 17.8 Å². The predicted molar refractivity (Wildman–Crippen MR) is 73.9 cm³/mol. The number of imidazole rings is 1. The molecule has 0 amide bonds. The fourth-order valence-electron chi connectivity index (χ4n) is 1.88. The average Bonchev–Trinajstić information content (AvgIpc) is 2.64. The number of aromatic nitrogens is 2. The van der Waals surface area contributed by atoms with E-state index in [0.29, 0.717) is 5.92 Å². The first-order chi connectivity index (χ1) is 7.58. The molecule has 92 valence electrons. The minimum Gasteiger partial charge on any atom is -0.306 e. The standard InChI is InChI=1S/C14H18N2.CH4/c1-10(2)13-5-6-14(11(3)7-13)16-8-12(4)15-9-16;/h5-10H,1-4H3;1H4. The van der Waals surface area contributed by atoms with Crippen molar-refractivity contribution in [1.29, 1.82) is 0 Å². The molecule has 0 fully saturated rings. The number of hydrogen-bond donors (Lipinski definition) is 0. The van der Waals surface area contributed by atoms with E-state index in [-0.39, 0.29) is 7.43 Å². The van der Waals surface area contributed by atoms with Crippen LogP contribution in [0.15, 0.2) is 30.7 Å². The monoisotopic (exact) mass is 230 g/mol. The highest BCUT2D eigenvalue weighted by Gasteiger charge is 2.05. The number of benzene rings is 1. The van der Waals surface area contributed by atoms with Crippen molar-refractivity contribution in [1.82, 2.24) is 9.55 Å². The highest BCUT2D eigenvalue weighted by molar-refractivity contribution is 5.43. The zero-order valence-corrected chi connectivity index (χ0v) is 10.4. The molecule has 1 aromatic heterocycles. The molecule has 0 saturated carbocycles. The third-order valence-corrected chi connectivity index (χ3v) is 2.88. The third kappa shape index (κ3) is 2.76. The molecule has 1 heterocycles. The SMILES string of the molecule is C.Cc1cn(-c2ccc(C(C)C)cc2C)cn1. The van der Waals surface area contributed by atoms with Crippen LogP contribution in [0.4, 0.5) is 0 Å². The van der Waals surface area contributed by atoms with E-state index in [1.807, 2.05) is 13.3 Å². The summed E-state index contributed by atoms with van der Waals surface area (Å²) in [5, 5.41) is 0. The molecule has 0 N–H and O–H groups in total. The van der Waals surface area contributed by atoms with Gasteiger partial charge in [-0.1, -0.05) is 33.4 Å². The van der Waals surface area contributed by atoms with Crippen LogP contribution in [0, 0.1) is 13.8 Å². The summed E-state index contributed by atoms with van der Waals surface area (Å²) in [6.07, 6.45) is 3.92. The van der Waals surface area contributed by atoms with Crippen molar-refractivity contribution in [3.05, 3.63) is 47.5 Å². The Balaban J connectivity index is 0.00000144. The van der Waals surface area contributed by atoms with E-state index >= 15 is 0 Å². The van der Waals surface area contributed by atoms with E-state index < -0.39 is 0 Å². The molecule has 2 nitrogen and oxygen atoms in total. The Morgan fingerprint density at radius 3 is 2.35 bits per heavy atom. The van der Waals surface area contributed by atoms with Crippen LogP contribution < -0.4 is 0 Å². The highest BCUT2D eigenvalue weighted by Crippen LogP contribution is 2.21. The average molecular weight is 230 g/mol. The summed E-state index contributed by atoms with van der Waals surface area (Å²) < 4.78 is 2.08. The summed E-state index contributed by atoms with van der Waals surface area (Å²) in [6, 6.07) is 6.63. The van der Waals surface area contributed by atoms with Crippen molar-refractivity contribution in [3.63, 3.8) is 0 Å². The number of rotatable bonds is 2. The van der Waals surface area contributed by atoms with Crippen molar-refractivity contribution < 1.29 is 0 Å².